The van der Waals surface area contributed by atoms with Gasteiger partial charge in [0.2, 0.25) is 0 Å². The summed E-state index contributed by atoms with van der Waals surface area (Å²) in [6.45, 7) is 2.24. The molecule has 25 heavy (non-hydrogen) atoms. The summed E-state index contributed by atoms with van der Waals surface area (Å²) in [4.78, 5) is 28.0. The van der Waals surface area contributed by atoms with Crippen LogP contribution in [-0.4, -0.2) is 25.9 Å². The van der Waals surface area contributed by atoms with E-state index >= 15 is 0 Å². The van der Waals surface area contributed by atoms with E-state index in [0.29, 0.717) is 17.0 Å². The van der Waals surface area contributed by atoms with Gasteiger partial charge in [-0.1, -0.05) is 13.0 Å². The topological polar surface area (TPSA) is 61.4 Å². The van der Waals surface area contributed by atoms with Crippen molar-refractivity contribution < 1.29 is 9.59 Å². The molecule has 1 atom stereocenters. The van der Waals surface area contributed by atoms with Gasteiger partial charge in [-0.05, 0) is 48.9 Å². The van der Waals surface area contributed by atoms with Crippen molar-refractivity contribution in [2.45, 2.75) is 26.2 Å². The second-order valence-corrected chi connectivity index (χ2v) is 7.72. The number of carbonyl (C=O) groups excluding carboxylic acids is 2. The van der Waals surface area contributed by atoms with Crippen molar-refractivity contribution >= 4 is 28.8 Å². The Bertz CT molecular complexity index is 798. The summed E-state index contributed by atoms with van der Waals surface area (Å²) in [5, 5.41) is 1.90. The fourth-order valence-corrected chi connectivity index (χ4v) is 4.29. The van der Waals surface area contributed by atoms with Gasteiger partial charge in [0.05, 0.1) is 5.56 Å². The molecule has 3 rings (SSSR count). The van der Waals surface area contributed by atoms with E-state index in [1.165, 1.54) is 4.88 Å². The molecule has 1 aliphatic carbocycles. The zero-order chi connectivity index (χ0) is 18.0. The van der Waals surface area contributed by atoms with Crippen LogP contribution in [0.5, 0.6) is 0 Å². The number of thiophene rings is 1. The lowest BCUT2D eigenvalue weighted by Crippen LogP contribution is -2.41. The van der Waals surface area contributed by atoms with Gasteiger partial charge in [0.15, 0.2) is 0 Å². The highest BCUT2D eigenvalue weighted by Crippen LogP contribution is 2.32. The van der Waals surface area contributed by atoms with Crippen molar-refractivity contribution in [3.63, 3.8) is 0 Å². The second kappa shape index (κ2) is 7.27. The molecule has 132 valence electrons. The number of nitrogens with zero attached hydrogens (tertiary/aromatic N) is 1. The lowest BCUT2D eigenvalue weighted by Gasteiger charge is -2.19. The lowest BCUT2D eigenvalue weighted by molar-refractivity contribution is 0.0846. The minimum Gasteiger partial charge on any atom is -0.378 e. The number of hydrogen-bond acceptors (Lipinski definition) is 4. The highest BCUT2D eigenvalue weighted by molar-refractivity contribution is 7.10. The van der Waals surface area contributed by atoms with Crippen LogP contribution < -0.4 is 15.8 Å². The predicted molar refractivity (Wildman–Crippen MR) is 101 cm³/mol. The van der Waals surface area contributed by atoms with Crippen molar-refractivity contribution in [1.82, 2.24) is 10.9 Å². The number of amides is 2. The number of anilines is 1. The largest absolute Gasteiger partial charge is 0.378 e. The van der Waals surface area contributed by atoms with Crippen LogP contribution in [0.1, 0.15) is 44.5 Å². The number of nitrogens with one attached hydrogen (secondary N) is 2. The molecular formula is C19H23N3O2S. The van der Waals surface area contributed by atoms with Gasteiger partial charge in [-0.3, -0.25) is 20.4 Å². The molecule has 5 nitrogen and oxygen atoms in total. The van der Waals surface area contributed by atoms with Gasteiger partial charge in [0.1, 0.15) is 0 Å². The molecule has 0 fully saturated rings. The highest BCUT2D eigenvalue weighted by atomic mass is 32.1. The van der Waals surface area contributed by atoms with Gasteiger partial charge >= 0.3 is 0 Å². The van der Waals surface area contributed by atoms with E-state index in [-0.39, 0.29) is 11.8 Å². The fraction of sp³-hybridized carbons (Fsp3) is 0.368. The van der Waals surface area contributed by atoms with Crippen molar-refractivity contribution in [1.29, 1.82) is 0 Å². The summed E-state index contributed by atoms with van der Waals surface area (Å²) in [6, 6.07) is 7.26. The Morgan fingerprint density at radius 3 is 2.72 bits per heavy atom. The van der Waals surface area contributed by atoms with Crippen LogP contribution in [0.25, 0.3) is 0 Å². The molecule has 1 heterocycles. The Kier molecular flexibility index (Phi) is 5.08. The van der Waals surface area contributed by atoms with Crippen LogP contribution in [0.15, 0.2) is 29.6 Å². The zero-order valence-corrected chi connectivity index (χ0v) is 15.6. The van der Waals surface area contributed by atoms with Crippen molar-refractivity contribution in [3.8, 4) is 0 Å². The number of rotatable bonds is 3. The first-order valence-electron chi connectivity index (χ1n) is 8.43. The molecule has 0 saturated carbocycles. The van der Waals surface area contributed by atoms with Gasteiger partial charge in [0, 0.05) is 35.6 Å². The molecule has 0 aliphatic heterocycles. The fourth-order valence-electron chi connectivity index (χ4n) is 3.05. The van der Waals surface area contributed by atoms with Crippen LogP contribution in [-0.2, 0) is 12.8 Å². The molecule has 1 aromatic heterocycles. The smallest absolute Gasteiger partial charge is 0.270 e. The first-order chi connectivity index (χ1) is 12.0. The van der Waals surface area contributed by atoms with Gasteiger partial charge < -0.3 is 4.90 Å². The summed E-state index contributed by atoms with van der Waals surface area (Å²) < 4.78 is 0. The third-order valence-corrected chi connectivity index (χ3v) is 5.61. The van der Waals surface area contributed by atoms with E-state index in [2.05, 4.69) is 17.8 Å². The minimum absolute atomic E-state index is 0.246. The highest BCUT2D eigenvalue weighted by Gasteiger charge is 2.23. The molecule has 0 saturated heterocycles. The Morgan fingerprint density at radius 1 is 1.20 bits per heavy atom. The molecule has 2 aromatic rings. The lowest BCUT2D eigenvalue weighted by atomic mass is 9.88. The van der Waals surface area contributed by atoms with Crippen LogP contribution in [0.3, 0.4) is 0 Å². The normalized spacial score (nSPS) is 16.0. The van der Waals surface area contributed by atoms with Gasteiger partial charge in [-0.25, -0.2) is 0 Å². The molecule has 0 radical (unpaired) electrons. The molecule has 1 unspecified atom stereocenters. The third kappa shape index (κ3) is 3.85. The Balaban J connectivity index is 1.65. The first-order valence-corrected chi connectivity index (χ1v) is 9.31. The number of hydrazine groups is 1. The van der Waals surface area contributed by atoms with Crippen molar-refractivity contribution in [2.24, 2.45) is 5.92 Å². The van der Waals surface area contributed by atoms with E-state index in [4.69, 9.17) is 0 Å². The molecule has 2 amide bonds. The number of hydrogen-bond donors (Lipinski definition) is 2. The van der Waals surface area contributed by atoms with E-state index < -0.39 is 0 Å². The molecule has 0 spiro atoms. The van der Waals surface area contributed by atoms with E-state index in [9.17, 15) is 9.59 Å². The van der Waals surface area contributed by atoms with Crippen LogP contribution >= 0.6 is 11.3 Å². The second-order valence-electron chi connectivity index (χ2n) is 6.75. The summed E-state index contributed by atoms with van der Waals surface area (Å²) in [5.74, 6) is 0.102. The van der Waals surface area contributed by atoms with Gasteiger partial charge in [-0.2, -0.15) is 0 Å². The van der Waals surface area contributed by atoms with Crippen molar-refractivity contribution in [2.75, 3.05) is 19.0 Å². The van der Waals surface area contributed by atoms with Crippen LogP contribution in [0, 0.1) is 5.92 Å². The number of carbonyl (C=O) groups is 2. The summed E-state index contributed by atoms with van der Waals surface area (Å²) in [7, 11) is 3.83. The first kappa shape index (κ1) is 17.5. The summed E-state index contributed by atoms with van der Waals surface area (Å²) >= 11 is 1.64. The average molecular weight is 357 g/mol. The Morgan fingerprint density at radius 2 is 1.96 bits per heavy atom. The Labute approximate surface area is 152 Å². The average Bonchev–Trinajstić information content (AvgIpc) is 3.02. The Hall–Kier alpha value is -2.34. The molecule has 1 aliphatic rings. The molecule has 6 heteroatoms. The third-order valence-electron chi connectivity index (χ3n) is 4.56. The number of benzene rings is 1. The molecule has 1 aromatic carbocycles. The van der Waals surface area contributed by atoms with Crippen molar-refractivity contribution in [3.05, 3.63) is 51.2 Å². The minimum atomic E-state index is -0.324. The SMILES string of the molecule is CC1CCc2c(C(=O)NNC(=O)c3cccc(N(C)C)c3)csc2C1. The van der Waals surface area contributed by atoms with Gasteiger partial charge in [0.25, 0.3) is 11.8 Å². The summed E-state index contributed by atoms with van der Waals surface area (Å²) in [6.07, 6.45) is 3.08. The van der Waals surface area contributed by atoms with Crippen LogP contribution in [0.2, 0.25) is 0 Å². The predicted octanol–water partition coefficient (Wildman–Crippen LogP) is 3.01. The molecule has 0 bridgehead atoms. The van der Waals surface area contributed by atoms with Gasteiger partial charge in [-0.15, -0.1) is 11.3 Å². The summed E-state index contributed by atoms with van der Waals surface area (Å²) in [5.41, 5.74) is 8.33. The number of fused-ring (bicyclic) bond motifs is 1. The monoisotopic (exact) mass is 357 g/mol. The van der Waals surface area contributed by atoms with E-state index in [0.717, 1.165) is 30.5 Å². The standard InChI is InChI=1S/C19H23N3O2S/c1-12-7-8-15-16(11-25-17(15)9-12)19(24)21-20-18(23)13-5-4-6-14(10-13)22(2)3/h4-6,10-12H,7-9H2,1-3H3,(H,20,23)(H,21,24). The zero-order valence-electron chi connectivity index (χ0n) is 14.8. The molecule has 2 N–H and O–H groups in total. The maximum Gasteiger partial charge on any atom is 0.270 e. The van der Waals surface area contributed by atoms with E-state index in [1.54, 1.807) is 23.5 Å². The molecular weight excluding hydrogens is 334 g/mol. The quantitative estimate of drug-likeness (QED) is 0.830. The van der Waals surface area contributed by atoms with Crippen LogP contribution in [0.4, 0.5) is 5.69 Å². The van der Waals surface area contributed by atoms with E-state index in [1.807, 2.05) is 36.5 Å². The maximum atomic E-state index is 12.4. The maximum absolute atomic E-state index is 12.4.